The van der Waals surface area contributed by atoms with E-state index >= 15 is 0 Å². The molecule has 2 heterocycles. The molecule has 178 valence electrons. The maximum Gasteiger partial charge on any atom is 0.257 e. The molecule has 0 spiro atoms. The van der Waals surface area contributed by atoms with Crippen LogP contribution in [0.3, 0.4) is 0 Å². The lowest BCUT2D eigenvalue weighted by atomic mass is 10.2. The largest absolute Gasteiger partial charge is 0.491 e. The highest BCUT2D eigenvalue weighted by molar-refractivity contribution is 6.04. The quantitative estimate of drug-likeness (QED) is 0.513. The summed E-state index contributed by atoms with van der Waals surface area (Å²) in [5.74, 6) is 2.11. The third kappa shape index (κ3) is 6.09. The topological polar surface area (TPSA) is 111 Å². The fraction of sp³-hybridized carbons (Fsp3) is 0.375. The summed E-state index contributed by atoms with van der Waals surface area (Å²) in [6, 6.07) is 6.62. The van der Waals surface area contributed by atoms with E-state index in [1.54, 1.807) is 47.1 Å². The second kappa shape index (κ2) is 9.90. The molecule has 0 bridgehead atoms. The van der Waals surface area contributed by atoms with Crippen LogP contribution >= 0.6 is 0 Å². The van der Waals surface area contributed by atoms with Crippen molar-refractivity contribution in [1.29, 1.82) is 0 Å². The highest BCUT2D eigenvalue weighted by Gasteiger charge is 2.27. The van der Waals surface area contributed by atoms with Crippen LogP contribution in [0.15, 0.2) is 42.9 Å². The number of aryl methyl sites for hydroxylation is 1. The van der Waals surface area contributed by atoms with E-state index in [4.69, 9.17) is 9.47 Å². The molecule has 0 saturated heterocycles. The first kappa shape index (κ1) is 23.2. The molecule has 0 radical (unpaired) electrons. The van der Waals surface area contributed by atoms with Crippen LogP contribution in [0.2, 0.25) is 0 Å². The Bertz CT molecular complexity index is 1170. The maximum absolute atomic E-state index is 12.8. The Morgan fingerprint density at radius 1 is 1.18 bits per heavy atom. The average molecular weight is 465 g/mol. The molecule has 0 unspecified atom stereocenters. The highest BCUT2D eigenvalue weighted by Crippen LogP contribution is 2.32. The Hall–Kier alpha value is -3.95. The number of hydrogen-bond acceptors (Lipinski definition) is 7. The van der Waals surface area contributed by atoms with Crippen LogP contribution in [0, 0.1) is 5.92 Å². The summed E-state index contributed by atoms with van der Waals surface area (Å²) >= 11 is 0. The van der Waals surface area contributed by atoms with Crippen molar-refractivity contribution >= 4 is 23.5 Å². The normalized spacial score (nSPS) is 13.0. The minimum Gasteiger partial charge on any atom is -0.491 e. The number of nitrogens with zero attached hydrogens (tertiary/aromatic N) is 5. The van der Waals surface area contributed by atoms with Crippen LogP contribution in [0.5, 0.6) is 17.4 Å². The Morgan fingerprint density at radius 2 is 1.94 bits per heavy atom. The maximum atomic E-state index is 12.8. The number of amides is 2. The molecule has 0 aliphatic heterocycles. The minimum atomic E-state index is -0.351. The van der Waals surface area contributed by atoms with Crippen molar-refractivity contribution in [2.24, 2.45) is 13.0 Å². The number of ether oxygens (including phenoxy) is 2. The highest BCUT2D eigenvalue weighted by atomic mass is 16.5. The number of hydrogen-bond donors (Lipinski definition) is 1. The van der Waals surface area contributed by atoms with E-state index in [-0.39, 0.29) is 23.8 Å². The fourth-order valence-electron chi connectivity index (χ4n) is 3.34. The van der Waals surface area contributed by atoms with Crippen molar-refractivity contribution < 1.29 is 19.1 Å². The van der Waals surface area contributed by atoms with Crippen LogP contribution in [-0.2, 0) is 11.8 Å². The summed E-state index contributed by atoms with van der Waals surface area (Å²) < 4.78 is 13.3. The molecule has 4 rings (SSSR count). The first-order valence-electron chi connectivity index (χ1n) is 11.2. The number of benzene rings is 1. The third-order valence-electron chi connectivity index (χ3n) is 5.10. The van der Waals surface area contributed by atoms with Crippen molar-refractivity contribution in [3.05, 3.63) is 48.4 Å². The molecule has 1 N–H and O–H groups in total. The van der Waals surface area contributed by atoms with Crippen LogP contribution in [-0.4, -0.2) is 44.2 Å². The third-order valence-corrected chi connectivity index (χ3v) is 5.10. The molecular weight excluding hydrogens is 436 g/mol. The van der Waals surface area contributed by atoms with Crippen LogP contribution in [0.4, 0.5) is 11.6 Å². The molecule has 34 heavy (non-hydrogen) atoms. The van der Waals surface area contributed by atoms with Crippen molar-refractivity contribution in [1.82, 2.24) is 19.7 Å². The molecule has 2 amide bonds. The van der Waals surface area contributed by atoms with E-state index in [1.807, 2.05) is 13.8 Å². The molecule has 0 atom stereocenters. The van der Waals surface area contributed by atoms with Gasteiger partial charge in [0.1, 0.15) is 11.5 Å². The van der Waals surface area contributed by atoms with E-state index in [0.717, 1.165) is 12.8 Å². The molecule has 1 aromatic carbocycles. The molecule has 2 aromatic heterocycles. The van der Waals surface area contributed by atoms with Gasteiger partial charge in [0, 0.05) is 44.4 Å². The lowest BCUT2D eigenvalue weighted by Gasteiger charge is -2.19. The summed E-state index contributed by atoms with van der Waals surface area (Å²) in [6.07, 6.45) is 6.88. The molecule has 1 saturated carbocycles. The molecule has 1 fully saturated rings. The number of carbonyl (C=O) groups is 2. The summed E-state index contributed by atoms with van der Waals surface area (Å²) in [5.41, 5.74) is 0.343. The first-order valence-corrected chi connectivity index (χ1v) is 11.2. The average Bonchev–Trinajstić information content (AvgIpc) is 3.51. The lowest BCUT2D eigenvalue weighted by Crippen LogP contribution is -2.31. The van der Waals surface area contributed by atoms with E-state index < -0.39 is 0 Å². The number of nitrogens with one attached hydrogen (secondary N) is 1. The van der Waals surface area contributed by atoms with Crippen LogP contribution in [0.25, 0.3) is 0 Å². The standard InChI is InChI=1S/C24H28N6O4/c1-15(2)33-19-9-18(24(32)27-21-7-8-29(4)28-21)10-20(11-19)34-23-13-25-22(12-26-23)30(16(3)31)14-17-5-6-17/h7-13,15,17H,5-6,14H2,1-4H3,(H,27,28,32). The van der Waals surface area contributed by atoms with E-state index in [0.29, 0.717) is 41.2 Å². The number of anilines is 2. The molecule has 1 aliphatic carbocycles. The SMILES string of the molecule is CC(=O)N(CC1CC1)c1cnc(Oc2cc(OC(C)C)cc(C(=O)Nc3ccn(C)n3)c2)cn1. The summed E-state index contributed by atoms with van der Waals surface area (Å²) in [6.45, 7) is 5.96. The van der Waals surface area contributed by atoms with E-state index in [1.165, 1.54) is 19.3 Å². The Morgan fingerprint density at radius 3 is 2.53 bits per heavy atom. The van der Waals surface area contributed by atoms with E-state index in [2.05, 4.69) is 20.4 Å². The molecule has 10 nitrogen and oxygen atoms in total. The zero-order chi connectivity index (χ0) is 24.2. The van der Waals surface area contributed by atoms with Crippen molar-refractivity contribution in [3.8, 4) is 17.4 Å². The second-order valence-electron chi connectivity index (χ2n) is 8.58. The van der Waals surface area contributed by atoms with Gasteiger partial charge >= 0.3 is 0 Å². The van der Waals surface area contributed by atoms with Gasteiger partial charge in [-0.2, -0.15) is 5.10 Å². The van der Waals surface area contributed by atoms with Crippen LogP contribution < -0.4 is 19.7 Å². The number of carbonyl (C=O) groups excluding carboxylic acids is 2. The number of rotatable bonds is 9. The van der Waals surface area contributed by atoms with Gasteiger partial charge in [-0.15, -0.1) is 0 Å². The van der Waals surface area contributed by atoms with Gasteiger partial charge in [0.2, 0.25) is 11.8 Å². The molecule has 3 aromatic rings. The smallest absolute Gasteiger partial charge is 0.257 e. The monoisotopic (exact) mass is 464 g/mol. The second-order valence-corrected chi connectivity index (χ2v) is 8.58. The zero-order valence-electron chi connectivity index (χ0n) is 19.7. The molecular formula is C24H28N6O4. The zero-order valence-corrected chi connectivity index (χ0v) is 19.7. The van der Waals surface area contributed by atoms with Gasteiger partial charge in [0.15, 0.2) is 11.6 Å². The Labute approximate surface area is 197 Å². The van der Waals surface area contributed by atoms with Crippen molar-refractivity contribution in [2.75, 3.05) is 16.8 Å². The Balaban J connectivity index is 1.53. The van der Waals surface area contributed by atoms with Gasteiger partial charge in [-0.05, 0) is 44.7 Å². The minimum absolute atomic E-state index is 0.0723. The van der Waals surface area contributed by atoms with Crippen LogP contribution in [0.1, 0.15) is 44.0 Å². The van der Waals surface area contributed by atoms with Crippen molar-refractivity contribution in [3.63, 3.8) is 0 Å². The van der Waals surface area contributed by atoms with Gasteiger partial charge in [-0.1, -0.05) is 0 Å². The van der Waals surface area contributed by atoms with Crippen molar-refractivity contribution in [2.45, 2.75) is 39.7 Å². The lowest BCUT2D eigenvalue weighted by molar-refractivity contribution is -0.116. The predicted octanol–water partition coefficient (Wildman–Crippen LogP) is 3.80. The van der Waals surface area contributed by atoms with Gasteiger partial charge in [-0.3, -0.25) is 19.2 Å². The number of aromatic nitrogens is 4. The Kier molecular flexibility index (Phi) is 6.76. The predicted molar refractivity (Wildman–Crippen MR) is 126 cm³/mol. The van der Waals surface area contributed by atoms with Gasteiger partial charge in [-0.25, -0.2) is 9.97 Å². The van der Waals surface area contributed by atoms with Gasteiger partial charge < -0.3 is 14.8 Å². The summed E-state index contributed by atoms with van der Waals surface area (Å²) in [4.78, 5) is 35.1. The summed E-state index contributed by atoms with van der Waals surface area (Å²) in [5, 5.41) is 6.92. The fourth-order valence-corrected chi connectivity index (χ4v) is 3.34. The van der Waals surface area contributed by atoms with E-state index in [9.17, 15) is 9.59 Å². The summed E-state index contributed by atoms with van der Waals surface area (Å²) in [7, 11) is 1.77. The van der Waals surface area contributed by atoms with Gasteiger partial charge in [0.25, 0.3) is 5.91 Å². The molecule has 1 aliphatic rings. The first-order chi connectivity index (χ1) is 16.3. The van der Waals surface area contributed by atoms with Gasteiger partial charge in [0.05, 0.1) is 18.5 Å². The molecule has 10 heteroatoms.